The molecule has 1 aromatic heterocycles. The van der Waals surface area contributed by atoms with Crippen LogP contribution < -0.4 is 10.3 Å². The van der Waals surface area contributed by atoms with Gasteiger partial charge in [0, 0.05) is 17.0 Å². The van der Waals surface area contributed by atoms with Crippen molar-refractivity contribution in [3.05, 3.63) is 40.7 Å². The lowest BCUT2D eigenvalue weighted by molar-refractivity contribution is -0.274. The summed E-state index contributed by atoms with van der Waals surface area (Å²) in [4.78, 5) is 13.4. The van der Waals surface area contributed by atoms with E-state index in [2.05, 4.69) is 9.72 Å². The Balaban J connectivity index is 2.45. The molecule has 3 nitrogen and oxygen atoms in total. The first-order chi connectivity index (χ1) is 7.44. The maximum Gasteiger partial charge on any atom is 0.573 e. The number of pyridine rings is 1. The summed E-state index contributed by atoms with van der Waals surface area (Å²) in [6.45, 7) is 0. The van der Waals surface area contributed by atoms with Gasteiger partial charge in [0.25, 0.3) is 0 Å². The normalized spacial score (nSPS) is 11.7. The van der Waals surface area contributed by atoms with Crippen molar-refractivity contribution >= 4 is 10.9 Å². The van der Waals surface area contributed by atoms with Crippen molar-refractivity contribution < 1.29 is 17.9 Å². The van der Waals surface area contributed by atoms with E-state index in [0.29, 0.717) is 10.9 Å². The average Bonchev–Trinajstić information content (AvgIpc) is 2.16. The number of aromatic amines is 1. The maximum absolute atomic E-state index is 11.9. The first-order valence-electron chi connectivity index (χ1n) is 4.33. The molecule has 0 bridgehead atoms. The molecular weight excluding hydrogens is 223 g/mol. The summed E-state index contributed by atoms with van der Waals surface area (Å²) < 4.78 is 39.5. The van der Waals surface area contributed by atoms with Crippen LogP contribution in [-0.4, -0.2) is 11.3 Å². The maximum atomic E-state index is 11.9. The van der Waals surface area contributed by atoms with E-state index in [-0.39, 0.29) is 11.3 Å². The number of benzene rings is 1. The van der Waals surface area contributed by atoms with Crippen LogP contribution in [0.2, 0.25) is 0 Å². The Labute approximate surface area is 87.5 Å². The van der Waals surface area contributed by atoms with Gasteiger partial charge in [0.2, 0.25) is 5.56 Å². The molecule has 2 aromatic rings. The van der Waals surface area contributed by atoms with Crippen LogP contribution in [0, 0.1) is 0 Å². The van der Waals surface area contributed by atoms with Gasteiger partial charge in [0.15, 0.2) is 0 Å². The highest BCUT2D eigenvalue weighted by atomic mass is 19.4. The number of fused-ring (bicyclic) bond motifs is 1. The summed E-state index contributed by atoms with van der Waals surface area (Å²) in [5.74, 6) is -0.313. The van der Waals surface area contributed by atoms with Gasteiger partial charge >= 0.3 is 6.36 Å². The van der Waals surface area contributed by atoms with Crippen LogP contribution >= 0.6 is 0 Å². The van der Waals surface area contributed by atoms with Crippen LogP contribution in [-0.2, 0) is 0 Å². The van der Waals surface area contributed by atoms with Crippen molar-refractivity contribution in [1.82, 2.24) is 4.98 Å². The topological polar surface area (TPSA) is 42.1 Å². The van der Waals surface area contributed by atoms with Crippen molar-refractivity contribution in [2.24, 2.45) is 0 Å². The molecule has 0 unspecified atom stereocenters. The van der Waals surface area contributed by atoms with Crippen molar-refractivity contribution in [3.63, 3.8) is 0 Å². The number of hydrogen-bond acceptors (Lipinski definition) is 2. The standard InChI is InChI=1S/C10H6F3NO2/c11-10(12,13)16-7-2-3-8-6(5-7)1-4-9(15)14-8/h1-5H,(H,14,15). The Bertz CT molecular complexity index is 574. The molecule has 84 valence electrons. The minimum absolute atomic E-state index is 0.308. The number of ether oxygens (including phenoxy) is 1. The van der Waals surface area contributed by atoms with Crippen molar-refractivity contribution in [2.75, 3.05) is 0 Å². The Morgan fingerprint density at radius 2 is 1.88 bits per heavy atom. The SMILES string of the molecule is O=c1ccc2cc(OC(F)(F)F)ccc2[nH]1. The zero-order chi connectivity index (χ0) is 11.8. The van der Waals surface area contributed by atoms with E-state index >= 15 is 0 Å². The highest BCUT2D eigenvalue weighted by molar-refractivity contribution is 5.79. The molecule has 16 heavy (non-hydrogen) atoms. The molecule has 0 saturated heterocycles. The Morgan fingerprint density at radius 3 is 2.56 bits per heavy atom. The van der Waals surface area contributed by atoms with E-state index in [9.17, 15) is 18.0 Å². The number of rotatable bonds is 1. The molecule has 0 aliphatic carbocycles. The van der Waals surface area contributed by atoms with Crippen molar-refractivity contribution in [2.45, 2.75) is 6.36 Å². The van der Waals surface area contributed by atoms with E-state index in [1.165, 1.54) is 24.3 Å². The zero-order valence-electron chi connectivity index (χ0n) is 7.84. The quantitative estimate of drug-likeness (QED) is 0.815. The lowest BCUT2D eigenvalue weighted by atomic mass is 10.2. The molecule has 0 radical (unpaired) electrons. The average molecular weight is 229 g/mol. The molecule has 1 heterocycles. The largest absolute Gasteiger partial charge is 0.573 e. The van der Waals surface area contributed by atoms with Crippen molar-refractivity contribution in [1.29, 1.82) is 0 Å². The van der Waals surface area contributed by atoms with Gasteiger partial charge < -0.3 is 9.72 Å². The smallest absolute Gasteiger partial charge is 0.406 e. The number of H-pyrrole nitrogens is 1. The molecule has 2 rings (SSSR count). The molecule has 0 spiro atoms. The fourth-order valence-electron chi connectivity index (χ4n) is 1.33. The number of hydrogen-bond donors (Lipinski definition) is 1. The van der Waals surface area contributed by atoms with Gasteiger partial charge in [-0.25, -0.2) is 0 Å². The second kappa shape index (κ2) is 3.55. The highest BCUT2D eigenvalue weighted by Crippen LogP contribution is 2.25. The summed E-state index contributed by atoms with van der Waals surface area (Å²) in [5, 5.41) is 0.473. The molecule has 1 N–H and O–H groups in total. The molecule has 0 saturated carbocycles. The molecule has 0 aliphatic rings. The second-order valence-corrected chi connectivity index (χ2v) is 3.12. The third-order valence-corrected chi connectivity index (χ3v) is 1.93. The molecule has 1 aromatic carbocycles. The predicted molar refractivity (Wildman–Crippen MR) is 51.3 cm³/mol. The number of nitrogens with one attached hydrogen (secondary N) is 1. The number of halogens is 3. The molecule has 0 aliphatic heterocycles. The molecule has 0 amide bonds. The van der Waals surface area contributed by atoms with E-state index in [1.54, 1.807) is 0 Å². The van der Waals surface area contributed by atoms with Gasteiger partial charge in [-0.3, -0.25) is 4.79 Å². The first-order valence-corrected chi connectivity index (χ1v) is 4.33. The third kappa shape index (κ3) is 2.33. The van der Waals surface area contributed by atoms with Crippen LogP contribution in [0.25, 0.3) is 10.9 Å². The fourth-order valence-corrected chi connectivity index (χ4v) is 1.33. The molecular formula is C10H6F3NO2. The third-order valence-electron chi connectivity index (χ3n) is 1.93. The highest BCUT2D eigenvalue weighted by Gasteiger charge is 2.31. The Hall–Kier alpha value is -1.98. The molecule has 0 fully saturated rings. The minimum atomic E-state index is -4.71. The molecule has 6 heteroatoms. The Kier molecular flexibility index (Phi) is 2.34. The van der Waals surface area contributed by atoms with Gasteiger partial charge in [-0.15, -0.1) is 13.2 Å². The lowest BCUT2D eigenvalue weighted by Crippen LogP contribution is -2.17. The van der Waals surface area contributed by atoms with Crippen LogP contribution in [0.15, 0.2) is 35.1 Å². The second-order valence-electron chi connectivity index (χ2n) is 3.12. The monoisotopic (exact) mass is 229 g/mol. The van der Waals surface area contributed by atoms with Crippen molar-refractivity contribution in [3.8, 4) is 5.75 Å². The zero-order valence-corrected chi connectivity index (χ0v) is 7.84. The van der Waals surface area contributed by atoms with Gasteiger partial charge in [0.1, 0.15) is 5.75 Å². The molecule has 0 atom stereocenters. The summed E-state index contributed by atoms with van der Waals surface area (Å²) >= 11 is 0. The van der Waals surface area contributed by atoms with E-state index in [0.717, 1.165) is 6.07 Å². The first kappa shape index (κ1) is 10.5. The summed E-state index contributed by atoms with van der Waals surface area (Å²) in [6.07, 6.45) is -4.71. The Morgan fingerprint density at radius 1 is 1.12 bits per heavy atom. The summed E-state index contributed by atoms with van der Waals surface area (Å²) in [6, 6.07) is 6.37. The minimum Gasteiger partial charge on any atom is -0.406 e. The number of alkyl halides is 3. The van der Waals surface area contributed by atoms with E-state index in [1.807, 2.05) is 0 Å². The van der Waals surface area contributed by atoms with Crippen LogP contribution in [0.3, 0.4) is 0 Å². The van der Waals surface area contributed by atoms with Gasteiger partial charge in [-0.05, 0) is 24.3 Å². The lowest BCUT2D eigenvalue weighted by Gasteiger charge is -2.09. The van der Waals surface area contributed by atoms with Gasteiger partial charge in [-0.1, -0.05) is 0 Å². The number of aromatic nitrogens is 1. The van der Waals surface area contributed by atoms with E-state index in [4.69, 9.17) is 0 Å². The van der Waals surface area contributed by atoms with E-state index < -0.39 is 6.36 Å². The van der Waals surface area contributed by atoms with Crippen LogP contribution in [0.5, 0.6) is 5.75 Å². The summed E-state index contributed by atoms with van der Waals surface area (Å²) in [5.41, 5.74) is 0.152. The summed E-state index contributed by atoms with van der Waals surface area (Å²) in [7, 11) is 0. The van der Waals surface area contributed by atoms with Crippen LogP contribution in [0.4, 0.5) is 13.2 Å². The van der Waals surface area contributed by atoms with Gasteiger partial charge in [-0.2, -0.15) is 0 Å². The predicted octanol–water partition coefficient (Wildman–Crippen LogP) is 2.43. The fraction of sp³-hybridized carbons (Fsp3) is 0.100. The van der Waals surface area contributed by atoms with Crippen LogP contribution in [0.1, 0.15) is 0 Å². The van der Waals surface area contributed by atoms with Gasteiger partial charge in [0.05, 0.1) is 0 Å².